The van der Waals surface area contributed by atoms with Crippen LogP contribution in [0, 0.1) is 0 Å². The Kier molecular flexibility index (Phi) is 17.6. The zero-order valence-corrected chi connectivity index (χ0v) is 42.5. The van der Waals surface area contributed by atoms with Crippen molar-refractivity contribution < 1.29 is 86.4 Å². The maximum Gasteiger partial charge on any atom is 1.00 e. The van der Waals surface area contributed by atoms with Gasteiger partial charge in [-0.15, -0.1) is 0 Å². The molecule has 62 heavy (non-hydrogen) atoms. The first-order valence-corrected chi connectivity index (χ1v) is 24.8. The van der Waals surface area contributed by atoms with Gasteiger partial charge in [0.25, 0.3) is 0 Å². The maximum atomic E-state index is 11.5. The van der Waals surface area contributed by atoms with Gasteiger partial charge in [-0.1, -0.05) is 172 Å². The number of hydrogen-bond donors (Lipinski definition) is 4. The van der Waals surface area contributed by atoms with Crippen molar-refractivity contribution in [2.24, 2.45) is 0 Å². The second kappa shape index (κ2) is 22.2. The fourth-order valence-corrected chi connectivity index (χ4v) is 11.0. The molecule has 2 atom stereocenters. The van der Waals surface area contributed by atoms with Gasteiger partial charge >= 0.3 is 59.1 Å². The molecule has 306 valence electrons. The van der Waals surface area contributed by atoms with Crippen LogP contribution in [0.2, 0.25) is 0 Å². The van der Waals surface area contributed by atoms with Crippen LogP contribution < -0.4 is 80.3 Å². The predicted molar refractivity (Wildman–Crippen MR) is 256 cm³/mol. The molecule has 12 heteroatoms. The van der Waals surface area contributed by atoms with Crippen LogP contribution in [0.25, 0.3) is 32.7 Å². The van der Waals surface area contributed by atoms with E-state index in [-0.39, 0.29) is 68.9 Å². The molecule has 0 bridgehead atoms. The minimum atomic E-state index is -3.94. The van der Waals surface area contributed by atoms with Gasteiger partial charge in [0.15, 0.2) is 0 Å². The van der Waals surface area contributed by atoms with E-state index in [1.54, 1.807) is 24.3 Å². The summed E-state index contributed by atoms with van der Waals surface area (Å²) in [4.78, 5) is 0.0573. The third-order valence-electron chi connectivity index (χ3n) is 10.9. The van der Waals surface area contributed by atoms with Crippen LogP contribution in [-0.4, -0.2) is 27.3 Å². The summed E-state index contributed by atoms with van der Waals surface area (Å²) in [6, 6.07) is 57.9. The molecule has 0 saturated heterocycles. The number of hydrogen-bond acceptors (Lipinski definition) is 6. The topological polar surface area (TPSA) is 127 Å². The molecule has 6 nitrogen and oxygen atoms in total. The fourth-order valence-electron chi connectivity index (χ4n) is 7.75. The zero-order chi connectivity index (χ0) is 41.7. The molecule has 0 amide bonds. The van der Waals surface area contributed by atoms with Gasteiger partial charge in [-0.05, 0) is 151 Å². The zero-order valence-electron chi connectivity index (χ0n) is 34.8. The van der Waals surface area contributed by atoms with Crippen LogP contribution in [0.15, 0.2) is 180 Å². The summed E-state index contributed by atoms with van der Waals surface area (Å²) in [7, 11) is -6.91. The van der Waals surface area contributed by atoms with Crippen LogP contribution >= 0.6 is 38.9 Å². The van der Waals surface area contributed by atoms with E-state index in [1.807, 2.05) is 0 Å². The third kappa shape index (κ3) is 12.7. The molecule has 0 heterocycles. The molecule has 0 aliphatic rings. The van der Waals surface area contributed by atoms with Crippen LogP contribution in [0.3, 0.4) is 0 Å². The van der Waals surface area contributed by atoms with Gasteiger partial charge in [0.2, 0.25) is 0 Å². The molecule has 4 N–H and O–H groups in total. The summed E-state index contributed by atoms with van der Waals surface area (Å²) in [6.45, 7) is 0. The van der Waals surface area contributed by atoms with Crippen LogP contribution in [0.1, 0.15) is 35.1 Å². The molecule has 8 aromatic carbocycles. The van der Waals surface area contributed by atoms with Crippen molar-refractivity contribution in [2.45, 2.75) is 48.3 Å². The fraction of sp³-hybridized carbons (Fsp3) is 0.120. The van der Waals surface area contributed by atoms with Crippen LogP contribution in [0.4, 0.5) is 0 Å². The molecule has 8 aromatic rings. The molecule has 0 aliphatic carbocycles. The smallest absolute Gasteiger partial charge is 0.769 e. The standard InChI is InChI=1S/C50H48O6P2S2.2Na/c51-59(52,53)44-28-19-37(20-29-44)9-5-7-35-15-24-41(25-16-35)57-43-33-40-12-2-3-13-46(40)48(34-43)50-47-14-4-1-11-39(47)23-32-49(50)58-42-26-17-36(18-27-42)8-6-10-38-21-30-45(31-22-38)60(54,55)56;;/h1-4,11-34,51-58H,5-10H2;;/q;2*+1/p-2. The van der Waals surface area contributed by atoms with E-state index in [0.717, 1.165) is 49.7 Å². The van der Waals surface area contributed by atoms with E-state index in [0.29, 0.717) is 17.2 Å². The first kappa shape index (κ1) is 49.0. The van der Waals surface area contributed by atoms with E-state index >= 15 is 0 Å². The third-order valence-corrected chi connectivity index (χ3v) is 15.1. The number of aryl methyl sites for hydroxylation is 4. The Morgan fingerprint density at radius 3 is 1.31 bits per heavy atom. The molecule has 0 fully saturated rings. The summed E-state index contributed by atoms with van der Waals surface area (Å²) >= 11 is 0. The minimum absolute atomic E-state index is 0. The second-order valence-corrected chi connectivity index (χ2v) is 20.8. The number of benzene rings is 8. The summed E-state index contributed by atoms with van der Waals surface area (Å²) < 4.78 is 60.5. The number of fused-ring (bicyclic) bond motifs is 2. The van der Waals surface area contributed by atoms with Gasteiger partial charge in [0.05, 0.1) is 0 Å². The van der Waals surface area contributed by atoms with Crippen LogP contribution in [-0.2, 0) is 25.7 Å². The van der Waals surface area contributed by atoms with Gasteiger partial charge in [0.1, 0.15) is 0 Å². The average molecular weight is 915 g/mol. The van der Waals surface area contributed by atoms with Gasteiger partial charge in [-0.3, -0.25) is 0 Å². The Bertz CT molecular complexity index is 2720. The molecule has 0 aliphatic heterocycles. The molecule has 8 rings (SSSR count). The second-order valence-electron chi connectivity index (χ2n) is 15.1. The normalized spacial score (nSPS) is 12.5. The summed E-state index contributed by atoms with van der Waals surface area (Å²) in [5, 5.41) is 10.1. The molecule has 2 unspecified atom stereocenters. The molecular weight excluding hydrogens is 869 g/mol. The van der Waals surface area contributed by atoms with E-state index in [2.05, 4.69) is 121 Å². The Morgan fingerprint density at radius 2 is 0.823 bits per heavy atom. The summed E-state index contributed by atoms with van der Waals surface area (Å²) in [6.07, 6.45) is 5.42. The van der Waals surface area contributed by atoms with Crippen molar-refractivity contribution in [2.75, 3.05) is 0 Å². The largest absolute Gasteiger partial charge is 1.00 e. The SMILES string of the molecule is [Na+].[Na+].[O-]S(O)(O)c1ccc(CCCc2ccc(Pc3cc(-c4c(Pc5ccc(CCCc6ccc(S([O-])(O)O)cc6)cc5)ccc5ccccc45)c4ccccc4c3)cc2)cc1. The van der Waals surface area contributed by atoms with Gasteiger partial charge < -0.3 is 27.3 Å². The Hall–Kier alpha value is -2.40. The van der Waals surface area contributed by atoms with E-state index < -0.39 is 21.7 Å². The van der Waals surface area contributed by atoms with Crippen molar-refractivity contribution in [1.82, 2.24) is 0 Å². The summed E-state index contributed by atoms with van der Waals surface area (Å²) in [5.41, 5.74) is 7.22. The number of rotatable bonds is 15. The van der Waals surface area contributed by atoms with Crippen molar-refractivity contribution >= 4 is 81.7 Å². The minimum Gasteiger partial charge on any atom is -0.769 e. The molecule has 0 aromatic heterocycles. The quantitative estimate of drug-likeness (QED) is 0.0767. The van der Waals surface area contributed by atoms with Gasteiger partial charge in [0, 0.05) is 9.79 Å². The van der Waals surface area contributed by atoms with Crippen molar-refractivity contribution in [3.8, 4) is 11.1 Å². The summed E-state index contributed by atoms with van der Waals surface area (Å²) in [5.74, 6) is 0. The van der Waals surface area contributed by atoms with E-state index in [9.17, 15) is 27.3 Å². The Labute approximate surface area is 415 Å². The Morgan fingerprint density at radius 1 is 0.403 bits per heavy atom. The monoisotopic (exact) mass is 914 g/mol. The van der Waals surface area contributed by atoms with Gasteiger partial charge in [-0.25, -0.2) is 0 Å². The molecule has 0 spiro atoms. The first-order chi connectivity index (χ1) is 29.0. The van der Waals surface area contributed by atoms with E-state index in [1.165, 1.54) is 89.3 Å². The van der Waals surface area contributed by atoms with Crippen molar-refractivity contribution in [3.05, 3.63) is 192 Å². The maximum absolute atomic E-state index is 11.5. The van der Waals surface area contributed by atoms with Crippen LogP contribution in [0.5, 0.6) is 0 Å². The average Bonchev–Trinajstić information content (AvgIpc) is 3.24. The Balaban J connectivity index is 0.00000321. The molecular formula is C50H46Na2O6P2S2. The van der Waals surface area contributed by atoms with Gasteiger partial charge in [-0.2, -0.15) is 0 Å². The first-order valence-electron chi connectivity index (χ1n) is 19.9. The van der Waals surface area contributed by atoms with Crippen molar-refractivity contribution in [3.63, 3.8) is 0 Å². The van der Waals surface area contributed by atoms with E-state index in [4.69, 9.17) is 0 Å². The van der Waals surface area contributed by atoms with Crippen molar-refractivity contribution in [1.29, 1.82) is 0 Å². The molecule has 0 radical (unpaired) electrons. The molecule has 0 saturated carbocycles. The predicted octanol–water partition coefficient (Wildman–Crippen LogP) is 5.76.